The molecular weight excluding hydrogens is 260 g/mol. The average molecular weight is 288 g/mol. The molecule has 0 aromatic heterocycles. The van der Waals surface area contributed by atoms with Crippen molar-refractivity contribution >= 4 is 0 Å². The number of benzene rings is 1. The summed E-state index contributed by atoms with van der Waals surface area (Å²) in [4.78, 5) is 0. The molecule has 3 nitrogen and oxygen atoms in total. The molecule has 1 unspecified atom stereocenters. The molecule has 0 aliphatic heterocycles. The Morgan fingerprint density at radius 1 is 1.14 bits per heavy atom. The summed E-state index contributed by atoms with van der Waals surface area (Å²) in [5.41, 5.74) is 1.01. The standard InChI is InChI=1S/C18H28N2O/c1-6-17(3,4)15-8-10-16(11-9-15)21-13-12-18(5,14-19)20-7-2/h8-11,20H,6-7,12-13H2,1-5H3. The van der Waals surface area contributed by atoms with Crippen molar-refractivity contribution in [3.8, 4) is 11.8 Å². The number of rotatable bonds is 8. The first-order chi connectivity index (χ1) is 9.87. The highest BCUT2D eigenvalue weighted by atomic mass is 16.5. The van der Waals surface area contributed by atoms with Gasteiger partial charge in [-0.25, -0.2) is 0 Å². The van der Waals surface area contributed by atoms with E-state index in [1.54, 1.807) is 0 Å². The van der Waals surface area contributed by atoms with Gasteiger partial charge in [0.25, 0.3) is 0 Å². The molecule has 0 saturated carbocycles. The van der Waals surface area contributed by atoms with E-state index < -0.39 is 5.54 Å². The smallest absolute Gasteiger partial charge is 0.119 e. The van der Waals surface area contributed by atoms with Gasteiger partial charge in [0.1, 0.15) is 11.3 Å². The molecule has 0 saturated heterocycles. The second-order valence-corrected chi connectivity index (χ2v) is 6.33. The summed E-state index contributed by atoms with van der Waals surface area (Å²) in [7, 11) is 0. The molecule has 116 valence electrons. The van der Waals surface area contributed by atoms with Crippen LogP contribution in [0.1, 0.15) is 53.0 Å². The maximum absolute atomic E-state index is 9.20. The number of nitriles is 1. The Bertz CT molecular complexity index is 473. The van der Waals surface area contributed by atoms with Gasteiger partial charge in [-0.2, -0.15) is 5.26 Å². The van der Waals surface area contributed by atoms with Crippen LogP contribution in [0.25, 0.3) is 0 Å². The van der Waals surface area contributed by atoms with E-state index >= 15 is 0 Å². The van der Waals surface area contributed by atoms with Gasteiger partial charge in [0, 0.05) is 6.42 Å². The zero-order valence-corrected chi connectivity index (χ0v) is 14.0. The van der Waals surface area contributed by atoms with E-state index in [9.17, 15) is 5.26 Å². The van der Waals surface area contributed by atoms with Crippen LogP contribution in [-0.4, -0.2) is 18.7 Å². The van der Waals surface area contributed by atoms with Crippen LogP contribution in [-0.2, 0) is 5.41 Å². The first-order valence-electron chi connectivity index (χ1n) is 7.76. The molecule has 1 aromatic carbocycles. The molecule has 3 heteroatoms. The highest BCUT2D eigenvalue weighted by molar-refractivity contribution is 5.31. The molecule has 0 radical (unpaired) electrons. The summed E-state index contributed by atoms with van der Waals surface area (Å²) in [6.45, 7) is 11.9. The van der Waals surface area contributed by atoms with Crippen LogP contribution >= 0.6 is 0 Å². The highest BCUT2D eigenvalue weighted by Crippen LogP contribution is 2.28. The predicted molar refractivity (Wildman–Crippen MR) is 87.6 cm³/mol. The normalized spacial score (nSPS) is 14.3. The van der Waals surface area contributed by atoms with E-state index in [2.05, 4.69) is 44.3 Å². The molecule has 0 aliphatic rings. The minimum Gasteiger partial charge on any atom is -0.493 e. The monoisotopic (exact) mass is 288 g/mol. The van der Waals surface area contributed by atoms with Crippen LogP contribution in [0.15, 0.2) is 24.3 Å². The van der Waals surface area contributed by atoms with E-state index in [4.69, 9.17) is 4.74 Å². The lowest BCUT2D eigenvalue weighted by Gasteiger charge is -2.24. The summed E-state index contributed by atoms with van der Waals surface area (Å²) in [5.74, 6) is 0.863. The SMILES string of the molecule is CCNC(C)(C#N)CCOc1ccc(C(C)(C)CC)cc1. The fraction of sp³-hybridized carbons (Fsp3) is 0.611. The van der Waals surface area contributed by atoms with E-state index in [1.807, 2.05) is 26.0 Å². The third kappa shape index (κ3) is 5.06. The van der Waals surface area contributed by atoms with Crippen molar-refractivity contribution in [1.29, 1.82) is 5.26 Å². The summed E-state index contributed by atoms with van der Waals surface area (Å²) < 4.78 is 5.76. The van der Waals surface area contributed by atoms with Crippen LogP contribution in [0.4, 0.5) is 0 Å². The lowest BCUT2D eigenvalue weighted by Crippen LogP contribution is -2.42. The van der Waals surface area contributed by atoms with Crippen LogP contribution in [0.3, 0.4) is 0 Å². The summed E-state index contributed by atoms with van der Waals surface area (Å²) in [5, 5.41) is 12.4. The molecular formula is C18H28N2O. The van der Waals surface area contributed by atoms with Gasteiger partial charge in [0.15, 0.2) is 0 Å². The van der Waals surface area contributed by atoms with Gasteiger partial charge >= 0.3 is 0 Å². The van der Waals surface area contributed by atoms with Gasteiger partial charge in [0.05, 0.1) is 12.7 Å². The van der Waals surface area contributed by atoms with Gasteiger partial charge in [-0.3, -0.25) is 5.32 Å². The fourth-order valence-corrected chi connectivity index (χ4v) is 2.15. The summed E-state index contributed by atoms with van der Waals surface area (Å²) >= 11 is 0. The fourth-order valence-electron chi connectivity index (χ4n) is 2.15. The van der Waals surface area contributed by atoms with Crippen LogP contribution in [0, 0.1) is 11.3 Å². The molecule has 0 spiro atoms. The number of hydrogen-bond acceptors (Lipinski definition) is 3. The highest BCUT2D eigenvalue weighted by Gasteiger charge is 2.22. The average Bonchev–Trinajstić information content (AvgIpc) is 2.48. The Balaban J connectivity index is 2.56. The van der Waals surface area contributed by atoms with Gasteiger partial charge in [-0.15, -0.1) is 0 Å². The van der Waals surface area contributed by atoms with Gasteiger partial charge < -0.3 is 4.74 Å². The quantitative estimate of drug-likeness (QED) is 0.785. The Hall–Kier alpha value is -1.53. The Labute approximate surface area is 129 Å². The zero-order chi connectivity index (χ0) is 15.9. The molecule has 0 bridgehead atoms. The van der Waals surface area contributed by atoms with Crippen molar-refractivity contribution in [2.45, 2.75) is 58.4 Å². The van der Waals surface area contributed by atoms with Gasteiger partial charge in [-0.05, 0) is 43.0 Å². The van der Waals surface area contributed by atoms with Crippen LogP contribution in [0.2, 0.25) is 0 Å². The lowest BCUT2D eigenvalue weighted by molar-refractivity contribution is 0.268. The Kier molecular flexibility index (Phi) is 6.23. The minimum atomic E-state index is -0.515. The van der Waals surface area contributed by atoms with E-state index in [-0.39, 0.29) is 5.41 Å². The van der Waals surface area contributed by atoms with Crippen LogP contribution < -0.4 is 10.1 Å². The summed E-state index contributed by atoms with van der Waals surface area (Å²) in [6, 6.07) is 10.6. The van der Waals surface area contributed by atoms with Gasteiger partial charge in [-0.1, -0.05) is 39.8 Å². The molecule has 21 heavy (non-hydrogen) atoms. The largest absolute Gasteiger partial charge is 0.493 e. The lowest BCUT2D eigenvalue weighted by atomic mass is 9.82. The van der Waals surface area contributed by atoms with Gasteiger partial charge in [0.2, 0.25) is 0 Å². The number of ether oxygens (including phenoxy) is 1. The molecule has 1 N–H and O–H groups in total. The maximum atomic E-state index is 9.20. The van der Waals surface area contributed by atoms with E-state index in [0.717, 1.165) is 18.7 Å². The predicted octanol–water partition coefficient (Wildman–Crippen LogP) is 4.03. The van der Waals surface area contributed by atoms with Crippen molar-refractivity contribution < 1.29 is 4.74 Å². The zero-order valence-electron chi connectivity index (χ0n) is 14.0. The molecule has 1 aromatic rings. The van der Waals surface area contributed by atoms with E-state index in [0.29, 0.717) is 13.0 Å². The number of nitrogens with zero attached hydrogens (tertiary/aromatic N) is 1. The third-order valence-corrected chi connectivity index (χ3v) is 4.20. The first kappa shape index (κ1) is 17.5. The van der Waals surface area contributed by atoms with Crippen molar-refractivity contribution in [3.63, 3.8) is 0 Å². The molecule has 0 fully saturated rings. The Morgan fingerprint density at radius 3 is 2.24 bits per heavy atom. The maximum Gasteiger partial charge on any atom is 0.119 e. The topological polar surface area (TPSA) is 45.0 Å². The van der Waals surface area contributed by atoms with E-state index in [1.165, 1.54) is 5.56 Å². The first-order valence-corrected chi connectivity index (χ1v) is 7.76. The van der Waals surface area contributed by atoms with Crippen LogP contribution in [0.5, 0.6) is 5.75 Å². The number of hydrogen-bond donors (Lipinski definition) is 1. The molecule has 1 rings (SSSR count). The minimum absolute atomic E-state index is 0.197. The van der Waals surface area contributed by atoms with Crippen molar-refractivity contribution in [1.82, 2.24) is 5.32 Å². The van der Waals surface area contributed by atoms with Crippen molar-refractivity contribution in [2.75, 3.05) is 13.2 Å². The second-order valence-electron chi connectivity index (χ2n) is 6.33. The van der Waals surface area contributed by atoms with Crippen molar-refractivity contribution in [2.24, 2.45) is 0 Å². The Morgan fingerprint density at radius 2 is 1.76 bits per heavy atom. The van der Waals surface area contributed by atoms with Crippen molar-refractivity contribution in [3.05, 3.63) is 29.8 Å². The second kappa shape index (κ2) is 7.47. The molecule has 1 atom stereocenters. The summed E-state index contributed by atoms with van der Waals surface area (Å²) in [6.07, 6.45) is 1.77. The molecule has 0 amide bonds. The molecule has 0 heterocycles. The third-order valence-electron chi connectivity index (χ3n) is 4.20. The molecule has 0 aliphatic carbocycles. The number of nitrogens with one attached hydrogen (secondary N) is 1.